The Balaban J connectivity index is 1.68. The SMILES string of the molecule is Cn1c(=O)c2c(ncn2CCNCC(=O)c2ccc(O)c(O)c2)n(C)c1=O. The van der Waals surface area contributed by atoms with Crippen LogP contribution in [0.25, 0.3) is 11.2 Å². The average Bonchev–Trinajstić information content (AvgIpc) is 3.08. The van der Waals surface area contributed by atoms with Gasteiger partial charge in [-0.1, -0.05) is 0 Å². The number of benzene rings is 1. The van der Waals surface area contributed by atoms with Crippen molar-refractivity contribution in [2.24, 2.45) is 14.1 Å². The number of nitrogens with one attached hydrogen (secondary N) is 1. The molecule has 0 saturated heterocycles. The highest BCUT2D eigenvalue weighted by molar-refractivity contribution is 5.98. The summed E-state index contributed by atoms with van der Waals surface area (Å²) in [5.41, 5.74) is 0.0181. The highest BCUT2D eigenvalue weighted by Gasteiger charge is 2.14. The summed E-state index contributed by atoms with van der Waals surface area (Å²) in [6.07, 6.45) is 1.48. The highest BCUT2D eigenvalue weighted by Crippen LogP contribution is 2.24. The molecule has 0 bridgehead atoms. The van der Waals surface area contributed by atoms with Gasteiger partial charge >= 0.3 is 5.69 Å². The lowest BCUT2D eigenvalue weighted by Crippen LogP contribution is -2.37. The summed E-state index contributed by atoms with van der Waals surface area (Å²) in [6, 6.07) is 3.87. The summed E-state index contributed by atoms with van der Waals surface area (Å²) in [7, 11) is 2.96. The number of carbonyl (C=O) groups excluding carboxylic acids is 1. The molecule has 2 heterocycles. The maximum Gasteiger partial charge on any atom is 0.332 e. The Morgan fingerprint density at radius 3 is 2.59 bits per heavy atom. The van der Waals surface area contributed by atoms with E-state index in [9.17, 15) is 24.6 Å². The zero-order valence-electron chi connectivity index (χ0n) is 14.8. The lowest BCUT2D eigenvalue weighted by molar-refractivity contribution is 0.0990. The Bertz CT molecular complexity index is 1140. The number of hydrogen-bond acceptors (Lipinski definition) is 7. The number of phenols is 2. The molecular weight excluding hydrogens is 354 g/mol. The number of rotatable bonds is 6. The first kappa shape index (κ1) is 18.4. The van der Waals surface area contributed by atoms with Crippen molar-refractivity contribution in [2.45, 2.75) is 6.54 Å². The fraction of sp³-hybridized carbons (Fsp3) is 0.294. The van der Waals surface area contributed by atoms with Gasteiger partial charge in [0.25, 0.3) is 5.56 Å². The Labute approximate surface area is 152 Å². The summed E-state index contributed by atoms with van der Waals surface area (Å²) in [5.74, 6) is -0.895. The van der Waals surface area contributed by atoms with E-state index in [0.717, 1.165) is 4.57 Å². The second-order valence-electron chi connectivity index (χ2n) is 6.12. The molecular formula is C17H19N5O5. The van der Waals surface area contributed by atoms with Gasteiger partial charge in [0.05, 0.1) is 12.9 Å². The Morgan fingerprint density at radius 1 is 1.15 bits per heavy atom. The van der Waals surface area contributed by atoms with Gasteiger partial charge in [-0.15, -0.1) is 0 Å². The summed E-state index contributed by atoms with van der Waals surface area (Å²) in [6.45, 7) is 0.776. The number of fused-ring (bicyclic) bond motifs is 1. The molecule has 2 aromatic heterocycles. The standard InChI is InChI=1S/C17H19N5O5/c1-20-15-14(16(26)21(2)17(20)27)22(9-19-15)6-5-18-8-13(25)10-3-4-11(23)12(24)7-10/h3-4,7,9,18,23-24H,5-6,8H2,1-2H3. The average molecular weight is 373 g/mol. The molecule has 0 aliphatic carbocycles. The van der Waals surface area contributed by atoms with E-state index < -0.39 is 11.2 Å². The molecule has 0 spiro atoms. The number of aromatic hydroxyl groups is 2. The van der Waals surface area contributed by atoms with Crippen LogP contribution in [0.4, 0.5) is 0 Å². The van der Waals surface area contributed by atoms with Gasteiger partial charge in [-0.2, -0.15) is 0 Å². The quantitative estimate of drug-likeness (QED) is 0.296. The molecule has 0 unspecified atom stereocenters. The topological polar surface area (TPSA) is 131 Å². The van der Waals surface area contributed by atoms with E-state index in [1.165, 1.54) is 36.1 Å². The molecule has 10 nitrogen and oxygen atoms in total. The van der Waals surface area contributed by atoms with Crippen molar-refractivity contribution in [1.82, 2.24) is 24.0 Å². The molecule has 0 amide bonds. The van der Waals surface area contributed by atoms with Crippen molar-refractivity contribution < 1.29 is 15.0 Å². The van der Waals surface area contributed by atoms with E-state index in [0.29, 0.717) is 24.3 Å². The molecule has 0 aliphatic heterocycles. The number of aryl methyl sites for hydroxylation is 1. The molecule has 142 valence electrons. The first-order valence-corrected chi connectivity index (χ1v) is 8.18. The molecule has 0 fully saturated rings. The normalized spacial score (nSPS) is 11.2. The molecule has 3 aromatic rings. The number of hydrogen-bond donors (Lipinski definition) is 3. The van der Waals surface area contributed by atoms with Crippen molar-refractivity contribution in [1.29, 1.82) is 0 Å². The third kappa shape index (κ3) is 3.34. The summed E-state index contributed by atoms with van der Waals surface area (Å²) in [4.78, 5) is 40.5. The van der Waals surface area contributed by atoms with Crippen LogP contribution in [0.3, 0.4) is 0 Å². The number of Topliss-reactive ketones (excluding diaryl/α,β-unsaturated/α-hetero) is 1. The third-order valence-corrected chi connectivity index (χ3v) is 4.33. The van der Waals surface area contributed by atoms with Gasteiger partial charge in [-0.25, -0.2) is 9.78 Å². The van der Waals surface area contributed by atoms with Crippen LogP contribution >= 0.6 is 0 Å². The monoisotopic (exact) mass is 373 g/mol. The molecule has 0 radical (unpaired) electrons. The fourth-order valence-electron chi connectivity index (χ4n) is 2.77. The summed E-state index contributed by atoms with van der Waals surface area (Å²) < 4.78 is 3.96. The zero-order valence-corrected chi connectivity index (χ0v) is 14.8. The maximum atomic E-state index is 12.3. The van der Waals surface area contributed by atoms with Crippen LogP contribution in [-0.4, -0.2) is 47.8 Å². The van der Waals surface area contributed by atoms with Crippen molar-refractivity contribution in [2.75, 3.05) is 13.1 Å². The number of ketones is 1. The minimum atomic E-state index is -0.446. The van der Waals surface area contributed by atoms with Gasteiger partial charge in [0.2, 0.25) is 0 Å². The minimum Gasteiger partial charge on any atom is -0.504 e. The number of phenolic OH excluding ortho intramolecular Hbond substituents is 2. The van der Waals surface area contributed by atoms with Crippen LogP contribution in [0, 0.1) is 0 Å². The molecule has 0 saturated carbocycles. The van der Waals surface area contributed by atoms with Crippen molar-refractivity contribution in [3.63, 3.8) is 0 Å². The maximum absolute atomic E-state index is 12.3. The van der Waals surface area contributed by atoms with Gasteiger partial charge in [0.15, 0.2) is 28.4 Å². The zero-order chi connectivity index (χ0) is 19.7. The van der Waals surface area contributed by atoms with Crippen LogP contribution in [0.2, 0.25) is 0 Å². The van der Waals surface area contributed by atoms with E-state index in [1.807, 2.05) is 0 Å². The molecule has 3 N–H and O–H groups in total. The van der Waals surface area contributed by atoms with Gasteiger partial charge < -0.3 is 20.1 Å². The van der Waals surface area contributed by atoms with E-state index in [1.54, 1.807) is 11.6 Å². The minimum absolute atomic E-state index is 0.0212. The van der Waals surface area contributed by atoms with Gasteiger partial charge in [0.1, 0.15) is 0 Å². The Hall–Kier alpha value is -3.40. The van der Waals surface area contributed by atoms with E-state index in [-0.39, 0.29) is 29.4 Å². The number of imidazole rings is 1. The Morgan fingerprint density at radius 2 is 1.89 bits per heavy atom. The van der Waals surface area contributed by atoms with E-state index in [2.05, 4.69) is 10.3 Å². The predicted molar refractivity (Wildman–Crippen MR) is 97.2 cm³/mol. The molecule has 0 atom stereocenters. The lowest BCUT2D eigenvalue weighted by atomic mass is 10.1. The third-order valence-electron chi connectivity index (χ3n) is 4.33. The number of carbonyl (C=O) groups is 1. The first-order valence-electron chi connectivity index (χ1n) is 8.18. The van der Waals surface area contributed by atoms with Crippen LogP contribution in [0.1, 0.15) is 10.4 Å². The largest absolute Gasteiger partial charge is 0.504 e. The van der Waals surface area contributed by atoms with Crippen molar-refractivity contribution in [3.8, 4) is 11.5 Å². The van der Waals surface area contributed by atoms with Crippen LogP contribution in [0.15, 0.2) is 34.1 Å². The lowest BCUT2D eigenvalue weighted by Gasteiger charge is -2.08. The van der Waals surface area contributed by atoms with Crippen LogP contribution < -0.4 is 16.6 Å². The van der Waals surface area contributed by atoms with Crippen LogP contribution in [-0.2, 0) is 20.6 Å². The van der Waals surface area contributed by atoms with Gasteiger partial charge in [0, 0.05) is 32.7 Å². The molecule has 3 rings (SSSR count). The highest BCUT2D eigenvalue weighted by atomic mass is 16.3. The van der Waals surface area contributed by atoms with Crippen LogP contribution in [0.5, 0.6) is 11.5 Å². The van der Waals surface area contributed by atoms with Crippen molar-refractivity contribution in [3.05, 3.63) is 50.9 Å². The molecule has 1 aromatic carbocycles. The smallest absolute Gasteiger partial charge is 0.332 e. The Kier molecular flexibility index (Phi) is 4.82. The van der Waals surface area contributed by atoms with E-state index in [4.69, 9.17) is 0 Å². The molecule has 10 heteroatoms. The van der Waals surface area contributed by atoms with Gasteiger partial charge in [-0.05, 0) is 18.2 Å². The molecule has 0 aliphatic rings. The number of nitrogens with zero attached hydrogens (tertiary/aromatic N) is 4. The van der Waals surface area contributed by atoms with Crippen molar-refractivity contribution >= 4 is 16.9 Å². The van der Waals surface area contributed by atoms with E-state index >= 15 is 0 Å². The summed E-state index contributed by atoms with van der Waals surface area (Å²) in [5, 5.41) is 21.7. The first-order chi connectivity index (χ1) is 12.8. The second-order valence-corrected chi connectivity index (χ2v) is 6.12. The number of aromatic nitrogens is 4. The summed E-state index contributed by atoms with van der Waals surface area (Å²) >= 11 is 0. The van der Waals surface area contributed by atoms with Gasteiger partial charge in [-0.3, -0.25) is 18.7 Å². The predicted octanol–water partition coefficient (Wildman–Crippen LogP) is -0.683. The second kappa shape index (κ2) is 7.08. The fourth-order valence-corrected chi connectivity index (χ4v) is 2.77. The molecule has 27 heavy (non-hydrogen) atoms.